The first-order chi connectivity index (χ1) is 11.9. The first-order valence-corrected chi connectivity index (χ1v) is 8.00. The second kappa shape index (κ2) is 6.53. The van der Waals surface area contributed by atoms with Gasteiger partial charge in [-0.15, -0.1) is 0 Å². The van der Waals surface area contributed by atoms with E-state index in [0.29, 0.717) is 16.3 Å². The van der Waals surface area contributed by atoms with Crippen molar-refractivity contribution in [2.24, 2.45) is 0 Å². The molecule has 5 nitrogen and oxygen atoms in total. The molecule has 0 fully saturated rings. The van der Waals surface area contributed by atoms with Gasteiger partial charge in [0.15, 0.2) is 5.78 Å². The maximum Gasteiger partial charge on any atom is 0.278 e. The topological polar surface area (TPSA) is 76.0 Å². The lowest BCUT2D eigenvalue weighted by Gasteiger charge is -2.04. The predicted octanol–water partition coefficient (Wildman–Crippen LogP) is 5.31. The SMILES string of the molecule is CC(=O)/C=C/c1c(-c2cc(Cl)ccc2[N+](=O)[O-])[nH]c2cc(C)ccc12. The number of carbonyl (C=O) groups is 1. The molecule has 25 heavy (non-hydrogen) atoms. The van der Waals surface area contributed by atoms with E-state index in [1.54, 1.807) is 12.1 Å². The van der Waals surface area contributed by atoms with E-state index in [-0.39, 0.29) is 11.5 Å². The van der Waals surface area contributed by atoms with Gasteiger partial charge in [0.1, 0.15) is 0 Å². The van der Waals surface area contributed by atoms with E-state index in [9.17, 15) is 14.9 Å². The van der Waals surface area contributed by atoms with E-state index in [1.807, 2.05) is 25.1 Å². The number of aryl methyl sites for hydroxylation is 1. The smallest absolute Gasteiger partial charge is 0.278 e. The number of nitro benzene ring substituents is 1. The van der Waals surface area contributed by atoms with Gasteiger partial charge in [-0.2, -0.15) is 0 Å². The fourth-order valence-corrected chi connectivity index (χ4v) is 2.96. The standard InChI is InChI=1S/C19H15ClN2O3/c1-11-3-6-14-15(7-4-12(2)23)19(21-17(14)9-11)16-10-13(20)5-8-18(16)22(24)25/h3-10,21H,1-2H3/b7-4+. The third-order valence-electron chi connectivity index (χ3n) is 3.90. The highest BCUT2D eigenvalue weighted by Gasteiger charge is 2.21. The lowest BCUT2D eigenvalue weighted by Crippen LogP contribution is -1.93. The Bertz CT molecular complexity index is 1030. The summed E-state index contributed by atoms with van der Waals surface area (Å²) in [6, 6.07) is 10.3. The average Bonchev–Trinajstić information content (AvgIpc) is 2.89. The second-order valence-electron chi connectivity index (χ2n) is 5.83. The number of aromatic nitrogens is 1. The number of nitro groups is 1. The number of hydrogen-bond donors (Lipinski definition) is 1. The number of ketones is 1. The molecule has 2 aromatic carbocycles. The van der Waals surface area contributed by atoms with Gasteiger partial charge in [0.25, 0.3) is 5.69 Å². The summed E-state index contributed by atoms with van der Waals surface area (Å²) in [6.07, 6.45) is 3.12. The van der Waals surface area contributed by atoms with Gasteiger partial charge in [-0.05, 0) is 49.8 Å². The summed E-state index contributed by atoms with van der Waals surface area (Å²) in [4.78, 5) is 25.6. The molecule has 0 bridgehead atoms. The summed E-state index contributed by atoms with van der Waals surface area (Å²) in [6.45, 7) is 3.42. The Kier molecular flexibility index (Phi) is 4.42. The van der Waals surface area contributed by atoms with E-state index in [1.165, 1.54) is 25.1 Å². The molecule has 0 unspecified atom stereocenters. The van der Waals surface area contributed by atoms with Crippen LogP contribution in [0.2, 0.25) is 5.02 Å². The molecule has 0 spiro atoms. The molecule has 1 aromatic heterocycles. The summed E-state index contributed by atoms with van der Waals surface area (Å²) in [5, 5.41) is 12.7. The van der Waals surface area contributed by atoms with Gasteiger partial charge in [-0.25, -0.2) is 0 Å². The number of nitrogens with zero attached hydrogens (tertiary/aromatic N) is 1. The molecule has 3 rings (SSSR count). The fraction of sp³-hybridized carbons (Fsp3) is 0.105. The van der Waals surface area contributed by atoms with Crippen LogP contribution < -0.4 is 0 Å². The lowest BCUT2D eigenvalue weighted by molar-refractivity contribution is -0.384. The van der Waals surface area contributed by atoms with E-state index in [0.717, 1.165) is 22.0 Å². The minimum Gasteiger partial charge on any atom is -0.354 e. The van der Waals surface area contributed by atoms with Gasteiger partial charge in [-0.3, -0.25) is 14.9 Å². The highest BCUT2D eigenvalue weighted by molar-refractivity contribution is 6.31. The molecule has 0 saturated heterocycles. The normalized spacial score (nSPS) is 11.3. The molecule has 6 heteroatoms. The molecular formula is C19H15ClN2O3. The number of aromatic amines is 1. The summed E-state index contributed by atoms with van der Waals surface area (Å²) in [5.41, 5.74) is 3.51. The minimum absolute atomic E-state index is 0.0508. The zero-order valence-corrected chi connectivity index (χ0v) is 14.4. The number of benzene rings is 2. The van der Waals surface area contributed by atoms with Crippen molar-refractivity contribution < 1.29 is 9.72 Å². The van der Waals surface area contributed by atoms with Crippen molar-refractivity contribution in [3.63, 3.8) is 0 Å². The number of hydrogen-bond acceptors (Lipinski definition) is 3. The molecular weight excluding hydrogens is 340 g/mol. The fourth-order valence-electron chi connectivity index (χ4n) is 2.79. The average molecular weight is 355 g/mol. The van der Waals surface area contributed by atoms with E-state index < -0.39 is 4.92 Å². The number of allylic oxidation sites excluding steroid dienone is 1. The minimum atomic E-state index is -0.444. The van der Waals surface area contributed by atoms with Crippen LogP contribution in [0.4, 0.5) is 5.69 Å². The lowest BCUT2D eigenvalue weighted by atomic mass is 10.0. The van der Waals surface area contributed by atoms with Crippen LogP contribution in [0.5, 0.6) is 0 Å². The van der Waals surface area contributed by atoms with Crippen LogP contribution in [0.3, 0.4) is 0 Å². The van der Waals surface area contributed by atoms with Crippen LogP contribution >= 0.6 is 11.6 Å². The third kappa shape index (κ3) is 3.32. The number of nitrogens with one attached hydrogen (secondary N) is 1. The molecule has 0 atom stereocenters. The highest BCUT2D eigenvalue weighted by atomic mass is 35.5. The van der Waals surface area contributed by atoms with Crippen LogP contribution in [-0.2, 0) is 4.79 Å². The van der Waals surface area contributed by atoms with Gasteiger partial charge in [0.2, 0.25) is 0 Å². The quantitative estimate of drug-likeness (QED) is 0.392. The summed E-state index contributed by atoms with van der Waals surface area (Å²) >= 11 is 6.07. The van der Waals surface area contributed by atoms with Gasteiger partial charge in [0, 0.05) is 27.6 Å². The van der Waals surface area contributed by atoms with Crippen molar-refractivity contribution in [1.82, 2.24) is 4.98 Å². The van der Waals surface area contributed by atoms with Gasteiger partial charge in [-0.1, -0.05) is 23.7 Å². The number of fused-ring (bicyclic) bond motifs is 1. The molecule has 1 heterocycles. The Morgan fingerprint density at radius 3 is 2.68 bits per heavy atom. The molecule has 0 saturated carbocycles. The third-order valence-corrected chi connectivity index (χ3v) is 4.14. The highest BCUT2D eigenvalue weighted by Crippen LogP contribution is 2.38. The van der Waals surface area contributed by atoms with Crippen molar-refractivity contribution >= 4 is 40.1 Å². The molecule has 0 amide bonds. The number of H-pyrrole nitrogens is 1. The predicted molar refractivity (Wildman–Crippen MR) is 99.9 cm³/mol. The first-order valence-electron chi connectivity index (χ1n) is 7.62. The summed E-state index contributed by atoms with van der Waals surface area (Å²) in [5.74, 6) is -0.104. The van der Waals surface area contributed by atoms with Gasteiger partial charge < -0.3 is 4.98 Å². The van der Waals surface area contributed by atoms with Crippen molar-refractivity contribution in [2.75, 3.05) is 0 Å². The van der Waals surface area contributed by atoms with E-state index in [2.05, 4.69) is 4.98 Å². The molecule has 0 aliphatic rings. The van der Waals surface area contributed by atoms with Crippen molar-refractivity contribution in [3.8, 4) is 11.3 Å². The largest absolute Gasteiger partial charge is 0.354 e. The second-order valence-corrected chi connectivity index (χ2v) is 6.26. The molecule has 3 aromatic rings. The van der Waals surface area contributed by atoms with Crippen LogP contribution in [-0.4, -0.2) is 15.7 Å². The maximum atomic E-state index is 11.4. The van der Waals surface area contributed by atoms with Crippen molar-refractivity contribution in [1.29, 1.82) is 0 Å². The maximum absolute atomic E-state index is 11.4. The molecule has 126 valence electrons. The summed E-state index contributed by atoms with van der Waals surface area (Å²) in [7, 11) is 0. The zero-order chi connectivity index (χ0) is 18.1. The Balaban J connectivity index is 2.36. The Morgan fingerprint density at radius 2 is 2.00 bits per heavy atom. The molecule has 0 aliphatic heterocycles. The van der Waals surface area contributed by atoms with Crippen molar-refractivity contribution in [2.45, 2.75) is 13.8 Å². The van der Waals surface area contributed by atoms with E-state index in [4.69, 9.17) is 11.6 Å². The van der Waals surface area contributed by atoms with Crippen LogP contribution in [0.25, 0.3) is 28.2 Å². The van der Waals surface area contributed by atoms with Gasteiger partial charge >= 0.3 is 0 Å². The Hall–Kier alpha value is -2.92. The molecule has 0 aliphatic carbocycles. The monoisotopic (exact) mass is 354 g/mol. The number of halogens is 1. The van der Waals surface area contributed by atoms with Crippen LogP contribution in [0, 0.1) is 17.0 Å². The van der Waals surface area contributed by atoms with Crippen LogP contribution in [0.15, 0.2) is 42.5 Å². The van der Waals surface area contributed by atoms with Gasteiger partial charge in [0.05, 0.1) is 16.2 Å². The van der Waals surface area contributed by atoms with E-state index >= 15 is 0 Å². The first kappa shape index (κ1) is 16.9. The van der Waals surface area contributed by atoms with Crippen molar-refractivity contribution in [3.05, 3.63) is 68.7 Å². The number of carbonyl (C=O) groups excluding carboxylic acids is 1. The molecule has 0 radical (unpaired) electrons. The Morgan fingerprint density at radius 1 is 1.24 bits per heavy atom. The van der Waals surface area contributed by atoms with Crippen LogP contribution in [0.1, 0.15) is 18.1 Å². The molecule has 1 N–H and O–H groups in total. The number of rotatable bonds is 4. The zero-order valence-electron chi connectivity index (χ0n) is 13.7. The Labute approximate surface area is 149 Å². The summed E-state index contributed by atoms with van der Waals surface area (Å²) < 4.78 is 0.